The highest BCUT2D eigenvalue weighted by molar-refractivity contribution is 7.26. The number of aromatic nitrogens is 4. The zero-order valence-electron chi connectivity index (χ0n) is 36.6. The first-order valence-corrected chi connectivity index (χ1v) is 23.8. The van der Waals surface area contributed by atoms with Crippen LogP contribution in [0.15, 0.2) is 231 Å². The van der Waals surface area contributed by atoms with Gasteiger partial charge in [0.15, 0.2) is 5.82 Å². The van der Waals surface area contributed by atoms with Crippen molar-refractivity contribution in [3.05, 3.63) is 231 Å². The summed E-state index contributed by atoms with van der Waals surface area (Å²) in [6.45, 7) is 0. The summed E-state index contributed by atoms with van der Waals surface area (Å²) in [7, 11) is 0. The van der Waals surface area contributed by atoms with E-state index in [9.17, 15) is 0 Å². The minimum absolute atomic E-state index is 0.671. The molecule has 0 aliphatic heterocycles. The molecular weight excluding hydrogens is 845 g/mol. The summed E-state index contributed by atoms with van der Waals surface area (Å²) in [5, 5.41) is 10.8. The molecule has 68 heavy (non-hydrogen) atoms. The van der Waals surface area contributed by atoms with Crippen molar-refractivity contribution in [2.45, 2.75) is 0 Å². The van der Waals surface area contributed by atoms with Crippen molar-refractivity contribution in [1.82, 2.24) is 19.5 Å². The molecule has 0 N–H and O–H groups in total. The van der Waals surface area contributed by atoms with Crippen LogP contribution in [-0.4, -0.2) is 19.5 Å². The van der Waals surface area contributed by atoms with E-state index in [0.29, 0.717) is 5.82 Å². The SMILES string of the molecule is c1ccc(-c2ccc(-c3cc4c(cc3-c3ccccc3)sc3c(-c5cccc6c(-n7c8cc9ccccc9cc8c8ccc9ccccc9c87)cccc56)nc(-c5ccncc5)nc34)cc2)cc1. The van der Waals surface area contributed by atoms with Crippen LogP contribution < -0.4 is 0 Å². The van der Waals surface area contributed by atoms with Gasteiger partial charge in [0, 0.05) is 55.2 Å². The number of hydrogen-bond acceptors (Lipinski definition) is 4. The van der Waals surface area contributed by atoms with Crippen LogP contribution in [0.4, 0.5) is 0 Å². The van der Waals surface area contributed by atoms with Crippen LogP contribution in [0.5, 0.6) is 0 Å². The molecule has 0 aliphatic rings. The average Bonchev–Trinajstić information content (AvgIpc) is 3.94. The number of benzene rings is 10. The Labute approximate surface area is 395 Å². The van der Waals surface area contributed by atoms with Crippen LogP contribution >= 0.6 is 11.3 Å². The molecule has 0 saturated heterocycles. The Morgan fingerprint density at radius 1 is 0.368 bits per heavy atom. The first-order chi connectivity index (χ1) is 33.7. The molecular formula is C63H38N4S. The molecule has 5 heteroatoms. The Balaban J connectivity index is 1.03. The molecule has 0 fully saturated rings. The summed E-state index contributed by atoms with van der Waals surface area (Å²) in [5.74, 6) is 0.671. The molecule has 4 heterocycles. The fourth-order valence-corrected chi connectivity index (χ4v) is 11.6. The smallest absolute Gasteiger partial charge is 0.160 e. The number of fused-ring (bicyclic) bond motifs is 10. The third-order valence-corrected chi connectivity index (χ3v) is 14.8. The summed E-state index contributed by atoms with van der Waals surface area (Å²) >= 11 is 1.77. The van der Waals surface area contributed by atoms with Crippen molar-refractivity contribution in [3.8, 4) is 61.7 Å². The van der Waals surface area contributed by atoms with Gasteiger partial charge in [-0.1, -0.05) is 176 Å². The van der Waals surface area contributed by atoms with E-state index in [1.54, 1.807) is 11.3 Å². The standard InChI is InChI=1S/C63H38N4S/c1-3-13-39(14-4-1)40-25-27-43(28-26-40)52-37-55-58(38-53(52)41-15-5-2-6-16-41)68-62-59(65-63(66-60(55)62)44-31-33-64-34-32-44)50-23-11-22-49-48(50)21-12-24-56(49)67-57-36-46-19-8-7-18-45(46)35-54(57)51-30-29-42-17-9-10-20-47(42)61(51)67/h1-38H. The molecule has 0 atom stereocenters. The fraction of sp³-hybridized carbons (Fsp3) is 0. The predicted octanol–water partition coefficient (Wildman–Crippen LogP) is 17.1. The molecule has 4 aromatic heterocycles. The molecule has 14 aromatic rings. The molecule has 14 rings (SSSR count). The van der Waals surface area contributed by atoms with Crippen molar-refractivity contribution in [1.29, 1.82) is 0 Å². The van der Waals surface area contributed by atoms with Gasteiger partial charge in [0.25, 0.3) is 0 Å². The van der Waals surface area contributed by atoms with Crippen LogP contribution in [0, 0.1) is 0 Å². The second-order valence-corrected chi connectivity index (χ2v) is 18.6. The van der Waals surface area contributed by atoms with Gasteiger partial charge in [-0.2, -0.15) is 0 Å². The second kappa shape index (κ2) is 15.4. The zero-order chi connectivity index (χ0) is 44.7. The predicted molar refractivity (Wildman–Crippen MR) is 287 cm³/mol. The van der Waals surface area contributed by atoms with E-state index in [4.69, 9.17) is 9.97 Å². The maximum atomic E-state index is 5.52. The maximum absolute atomic E-state index is 5.52. The van der Waals surface area contributed by atoms with Gasteiger partial charge >= 0.3 is 0 Å². The van der Waals surface area contributed by atoms with Crippen LogP contribution in [-0.2, 0) is 0 Å². The highest BCUT2D eigenvalue weighted by Crippen LogP contribution is 2.47. The van der Waals surface area contributed by atoms with Crippen LogP contribution in [0.1, 0.15) is 0 Å². The Bertz CT molecular complexity index is 4290. The van der Waals surface area contributed by atoms with Gasteiger partial charge in [-0.15, -0.1) is 11.3 Å². The summed E-state index contributed by atoms with van der Waals surface area (Å²) in [6, 6.07) is 79.2. The number of pyridine rings is 1. The maximum Gasteiger partial charge on any atom is 0.160 e. The van der Waals surface area contributed by atoms with E-state index in [-0.39, 0.29) is 0 Å². The van der Waals surface area contributed by atoms with E-state index < -0.39 is 0 Å². The van der Waals surface area contributed by atoms with Gasteiger partial charge in [-0.25, -0.2) is 9.97 Å². The summed E-state index contributed by atoms with van der Waals surface area (Å²) in [4.78, 5) is 15.3. The lowest BCUT2D eigenvalue weighted by Gasteiger charge is -2.15. The monoisotopic (exact) mass is 882 g/mol. The third-order valence-electron chi connectivity index (χ3n) is 13.7. The Morgan fingerprint density at radius 2 is 1.00 bits per heavy atom. The van der Waals surface area contributed by atoms with E-state index in [0.717, 1.165) is 64.7 Å². The van der Waals surface area contributed by atoms with Crippen LogP contribution in [0.25, 0.3) is 136 Å². The van der Waals surface area contributed by atoms with Crippen molar-refractivity contribution in [2.75, 3.05) is 0 Å². The Hall–Kier alpha value is -8.77. The third kappa shape index (κ3) is 6.10. The lowest BCUT2D eigenvalue weighted by atomic mass is 9.92. The first kappa shape index (κ1) is 38.5. The van der Waals surface area contributed by atoms with Crippen LogP contribution in [0.3, 0.4) is 0 Å². The minimum atomic E-state index is 0.671. The molecule has 0 aliphatic carbocycles. The van der Waals surface area contributed by atoms with Gasteiger partial charge in [0.05, 0.1) is 32.6 Å². The topological polar surface area (TPSA) is 43.6 Å². The zero-order valence-corrected chi connectivity index (χ0v) is 37.5. The van der Waals surface area contributed by atoms with E-state index in [2.05, 4.69) is 216 Å². The van der Waals surface area contributed by atoms with Crippen molar-refractivity contribution < 1.29 is 0 Å². The van der Waals surface area contributed by atoms with Gasteiger partial charge in [-0.05, 0) is 97.4 Å². The summed E-state index contributed by atoms with van der Waals surface area (Å²) < 4.78 is 4.72. The molecule has 316 valence electrons. The lowest BCUT2D eigenvalue weighted by molar-refractivity contribution is 1.20. The van der Waals surface area contributed by atoms with Crippen molar-refractivity contribution in [2.24, 2.45) is 0 Å². The van der Waals surface area contributed by atoms with E-state index >= 15 is 0 Å². The molecule has 4 nitrogen and oxygen atoms in total. The van der Waals surface area contributed by atoms with Crippen molar-refractivity contribution >= 4 is 85.8 Å². The van der Waals surface area contributed by atoms with Gasteiger partial charge in [-0.3, -0.25) is 4.98 Å². The molecule has 0 saturated carbocycles. The lowest BCUT2D eigenvalue weighted by Crippen LogP contribution is -1.98. The Kier molecular flexibility index (Phi) is 8.73. The quantitative estimate of drug-likeness (QED) is 0.167. The molecule has 0 radical (unpaired) electrons. The minimum Gasteiger partial charge on any atom is -0.308 e. The van der Waals surface area contributed by atoms with Gasteiger partial charge < -0.3 is 4.57 Å². The Morgan fingerprint density at radius 3 is 1.81 bits per heavy atom. The van der Waals surface area contributed by atoms with E-state index in [1.807, 2.05) is 24.5 Å². The molecule has 0 amide bonds. The number of nitrogens with zero attached hydrogens (tertiary/aromatic N) is 4. The summed E-state index contributed by atoms with van der Waals surface area (Å²) in [6.07, 6.45) is 3.64. The molecule has 10 aromatic carbocycles. The van der Waals surface area contributed by atoms with Crippen molar-refractivity contribution in [3.63, 3.8) is 0 Å². The van der Waals surface area contributed by atoms with Gasteiger partial charge in [0.2, 0.25) is 0 Å². The van der Waals surface area contributed by atoms with E-state index in [1.165, 1.54) is 65.6 Å². The van der Waals surface area contributed by atoms with Crippen LogP contribution in [0.2, 0.25) is 0 Å². The fourth-order valence-electron chi connectivity index (χ4n) is 10.5. The number of rotatable bonds is 6. The van der Waals surface area contributed by atoms with Gasteiger partial charge in [0.1, 0.15) is 0 Å². The average molecular weight is 883 g/mol. The largest absolute Gasteiger partial charge is 0.308 e. The normalized spacial score (nSPS) is 11.8. The summed E-state index contributed by atoms with van der Waals surface area (Å²) in [5.41, 5.74) is 14.4. The molecule has 0 unspecified atom stereocenters. The number of thiophene rings is 1. The second-order valence-electron chi connectivity index (χ2n) is 17.5. The molecule has 0 spiro atoms. The first-order valence-electron chi connectivity index (χ1n) is 23.0. The molecule has 0 bridgehead atoms. The number of hydrogen-bond donors (Lipinski definition) is 0. The highest BCUT2D eigenvalue weighted by Gasteiger charge is 2.23. The highest BCUT2D eigenvalue weighted by atomic mass is 32.1.